The van der Waals surface area contributed by atoms with Crippen LogP contribution in [0.4, 0.5) is 0 Å². The lowest BCUT2D eigenvalue weighted by Gasteiger charge is -2.09. The lowest BCUT2D eigenvalue weighted by Crippen LogP contribution is -2.29. The van der Waals surface area contributed by atoms with Crippen molar-refractivity contribution in [3.05, 3.63) is 0 Å². The van der Waals surface area contributed by atoms with Gasteiger partial charge in [-0.3, -0.25) is 0 Å². The van der Waals surface area contributed by atoms with E-state index in [0.717, 1.165) is 12.5 Å². The molecule has 0 radical (unpaired) electrons. The Kier molecular flexibility index (Phi) is 4.15. The van der Waals surface area contributed by atoms with Gasteiger partial charge in [-0.1, -0.05) is 12.8 Å². The van der Waals surface area contributed by atoms with Crippen LogP contribution in [-0.2, 0) is 10.0 Å². The van der Waals surface area contributed by atoms with Crippen LogP contribution in [0.3, 0.4) is 0 Å². The minimum Gasteiger partial charge on any atom is -0.315 e. The van der Waals surface area contributed by atoms with Crippen molar-refractivity contribution in [2.45, 2.75) is 25.7 Å². The van der Waals surface area contributed by atoms with Gasteiger partial charge in [-0.05, 0) is 25.3 Å². The highest BCUT2D eigenvalue weighted by Gasteiger charge is 2.14. The summed E-state index contributed by atoms with van der Waals surface area (Å²) in [4.78, 5) is 0. The zero-order valence-corrected chi connectivity index (χ0v) is 8.65. The second-order valence-corrected chi connectivity index (χ2v) is 5.46. The molecular weight excluding hydrogens is 188 g/mol. The molecule has 1 aliphatic rings. The maximum atomic E-state index is 10.6. The van der Waals surface area contributed by atoms with E-state index in [9.17, 15) is 8.42 Å². The molecule has 0 aromatic rings. The van der Waals surface area contributed by atoms with Gasteiger partial charge < -0.3 is 5.32 Å². The number of rotatable bonds is 5. The first-order chi connectivity index (χ1) is 6.08. The zero-order chi connectivity index (χ0) is 9.73. The third-order valence-electron chi connectivity index (χ3n) is 2.47. The number of nitrogens with two attached hydrogens (primary N) is 1. The Labute approximate surface area is 79.9 Å². The van der Waals surface area contributed by atoms with Crippen molar-refractivity contribution >= 4 is 10.0 Å². The lowest BCUT2D eigenvalue weighted by molar-refractivity contribution is 0.497. The molecule has 5 heteroatoms. The summed E-state index contributed by atoms with van der Waals surface area (Å²) in [5.41, 5.74) is 0. The first-order valence-electron chi connectivity index (χ1n) is 4.79. The van der Waals surface area contributed by atoms with Crippen LogP contribution in [0, 0.1) is 5.92 Å². The molecule has 0 amide bonds. The van der Waals surface area contributed by atoms with Crippen molar-refractivity contribution in [1.82, 2.24) is 5.32 Å². The molecular formula is C8H18N2O2S. The lowest BCUT2D eigenvalue weighted by atomic mass is 10.1. The van der Waals surface area contributed by atoms with E-state index in [4.69, 9.17) is 5.14 Å². The van der Waals surface area contributed by atoms with Gasteiger partial charge in [0.25, 0.3) is 0 Å². The van der Waals surface area contributed by atoms with Crippen LogP contribution < -0.4 is 10.5 Å². The highest BCUT2D eigenvalue weighted by molar-refractivity contribution is 7.89. The van der Waals surface area contributed by atoms with Crippen molar-refractivity contribution in [2.75, 3.05) is 18.8 Å². The van der Waals surface area contributed by atoms with Gasteiger partial charge in [0, 0.05) is 6.54 Å². The van der Waals surface area contributed by atoms with Gasteiger partial charge in [-0.2, -0.15) is 0 Å². The fraction of sp³-hybridized carbons (Fsp3) is 1.00. The third kappa shape index (κ3) is 5.23. The first kappa shape index (κ1) is 10.9. The molecule has 1 rings (SSSR count). The monoisotopic (exact) mass is 206 g/mol. The van der Waals surface area contributed by atoms with E-state index in [1.165, 1.54) is 25.7 Å². The molecule has 13 heavy (non-hydrogen) atoms. The maximum Gasteiger partial charge on any atom is 0.210 e. The summed E-state index contributed by atoms with van der Waals surface area (Å²) in [5.74, 6) is 0.792. The highest BCUT2D eigenvalue weighted by Crippen LogP contribution is 2.23. The molecule has 0 bridgehead atoms. The van der Waals surface area contributed by atoms with E-state index >= 15 is 0 Å². The Bertz CT molecular complexity index is 233. The van der Waals surface area contributed by atoms with Crippen LogP contribution in [-0.4, -0.2) is 27.3 Å². The van der Waals surface area contributed by atoms with Crippen LogP contribution in [0.1, 0.15) is 25.7 Å². The molecule has 78 valence electrons. The molecule has 1 saturated carbocycles. The second kappa shape index (κ2) is 4.93. The van der Waals surface area contributed by atoms with Gasteiger partial charge in [0.2, 0.25) is 10.0 Å². The number of primary sulfonamides is 1. The number of sulfonamides is 1. The highest BCUT2D eigenvalue weighted by atomic mass is 32.2. The van der Waals surface area contributed by atoms with E-state index in [1.54, 1.807) is 0 Å². The molecule has 3 N–H and O–H groups in total. The Morgan fingerprint density at radius 2 is 1.92 bits per heavy atom. The Hall–Kier alpha value is -0.130. The van der Waals surface area contributed by atoms with Gasteiger partial charge in [0.15, 0.2) is 0 Å². The van der Waals surface area contributed by atoms with Crippen LogP contribution in [0.5, 0.6) is 0 Å². The molecule has 4 nitrogen and oxygen atoms in total. The molecule has 0 atom stereocenters. The Morgan fingerprint density at radius 3 is 2.46 bits per heavy atom. The molecule has 0 saturated heterocycles. The van der Waals surface area contributed by atoms with Crippen LogP contribution >= 0.6 is 0 Å². The summed E-state index contributed by atoms with van der Waals surface area (Å²) >= 11 is 0. The molecule has 1 aliphatic carbocycles. The second-order valence-electron chi connectivity index (χ2n) is 3.72. The molecule has 0 aliphatic heterocycles. The molecule has 1 fully saturated rings. The van der Waals surface area contributed by atoms with Crippen molar-refractivity contribution in [3.63, 3.8) is 0 Å². The van der Waals surface area contributed by atoms with E-state index in [1.807, 2.05) is 0 Å². The van der Waals surface area contributed by atoms with Crippen LogP contribution in [0.25, 0.3) is 0 Å². The average molecular weight is 206 g/mol. The standard InChI is InChI=1S/C8H18N2O2S/c9-13(11,12)6-5-10-7-8-3-1-2-4-8/h8,10H,1-7H2,(H2,9,11,12). The van der Waals surface area contributed by atoms with Crippen molar-refractivity contribution < 1.29 is 8.42 Å². The van der Waals surface area contributed by atoms with Crippen LogP contribution in [0.2, 0.25) is 0 Å². The Balaban J connectivity index is 2.01. The average Bonchev–Trinajstić information content (AvgIpc) is 2.48. The summed E-state index contributed by atoms with van der Waals surface area (Å²) in [6.07, 6.45) is 5.20. The van der Waals surface area contributed by atoms with Crippen LogP contribution in [0.15, 0.2) is 0 Å². The summed E-state index contributed by atoms with van der Waals surface area (Å²) in [6.45, 7) is 1.42. The molecule has 0 aromatic heterocycles. The van der Waals surface area contributed by atoms with Gasteiger partial charge in [0.1, 0.15) is 0 Å². The van der Waals surface area contributed by atoms with Gasteiger partial charge in [-0.25, -0.2) is 13.6 Å². The summed E-state index contributed by atoms with van der Waals surface area (Å²) in [7, 11) is -3.28. The van der Waals surface area contributed by atoms with E-state index < -0.39 is 10.0 Å². The molecule has 0 aromatic carbocycles. The SMILES string of the molecule is NS(=O)(=O)CCNCC1CCCC1. The number of hydrogen-bond acceptors (Lipinski definition) is 3. The summed E-state index contributed by atoms with van der Waals surface area (Å²) in [6, 6.07) is 0. The minimum atomic E-state index is -3.28. The van der Waals surface area contributed by atoms with E-state index in [0.29, 0.717) is 6.54 Å². The van der Waals surface area contributed by atoms with E-state index in [2.05, 4.69) is 5.32 Å². The fourth-order valence-corrected chi connectivity index (χ4v) is 2.16. The van der Waals surface area contributed by atoms with Gasteiger partial charge >= 0.3 is 0 Å². The van der Waals surface area contributed by atoms with E-state index in [-0.39, 0.29) is 5.75 Å². The molecule has 0 unspecified atom stereocenters. The molecule has 0 spiro atoms. The largest absolute Gasteiger partial charge is 0.315 e. The zero-order valence-electron chi connectivity index (χ0n) is 7.83. The molecule has 0 heterocycles. The Morgan fingerprint density at radius 1 is 1.31 bits per heavy atom. The number of nitrogens with one attached hydrogen (secondary N) is 1. The van der Waals surface area contributed by atoms with Crippen molar-refractivity contribution in [3.8, 4) is 0 Å². The minimum absolute atomic E-state index is 0.0414. The van der Waals surface area contributed by atoms with Crippen molar-refractivity contribution in [1.29, 1.82) is 0 Å². The number of hydrogen-bond donors (Lipinski definition) is 2. The quantitative estimate of drug-likeness (QED) is 0.625. The third-order valence-corrected chi connectivity index (χ3v) is 3.24. The first-order valence-corrected chi connectivity index (χ1v) is 6.50. The summed E-state index contributed by atoms with van der Waals surface area (Å²) < 4.78 is 21.1. The normalized spacial score (nSPS) is 19.5. The topological polar surface area (TPSA) is 72.2 Å². The fourth-order valence-electron chi connectivity index (χ4n) is 1.74. The van der Waals surface area contributed by atoms with Gasteiger partial charge in [-0.15, -0.1) is 0 Å². The summed E-state index contributed by atoms with van der Waals surface area (Å²) in [5, 5.41) is 7.99. The van der Waals surface area contributed by atoms with Gasteiger partial charge in [0.05, 0.1) is 5.75 Å². The maximum absolute atomic E-state index is 10.6. The predicted octanol–water partition coefficient (Wildman–Crippen LogP) is 0.0547. The smallest absolute Gasteiger partial charge is 0.210 e. The van der Waals surface area contributed by atoms with Crippen molar-refractivity contribution in [2.24, 2.45) is 11.1 Å². The predicted molar refractivity (Wildman–Crippen MR) is 52.8 cm³/mol.